The molecule has 19 heavy (non-hydrogen) atoms. The molecule has 0 aromatic heterocycles. The van der Waals surface area contributed by atoms with Gasteiger partial charge in [0.1, 0.15) is 5.82 Å². The maximum atomic E-state index is 13.7. The molecule has 1 aromatic carbocycles. The van der Waals surface area contributed by atoms with Crippen LogP contribution >= 0.6 is 0 Å². The lowest BCUT2D eigenvalue weighted by atomic mass is 10.0. The number of benzene rings is 1. The topological polar surface area (TPSA) is 29.1 Å². The van der Waals surface area contributed by atoms with Crippen molar-refractivity contribution >= 4 is 5.91 Å². The molecule has 1 aliphatic carbocycles. The molecule has 0 saturated heterocycles. The van der Waals surface area contributed by atoms with Crippen molar-refractivity contribution < 1.29 is 9.18 Å². The normalized spacial score (nSPS) is 23.7. The van der Waals surface area contributed by atoms with Gasteiger partial charge in [-0.25, -0.2) is 4.39 Å². The summed E-state index contributed by atoms with van der Waals surface area (Å²) in [6, 6.07) is 4.94. The van der Waals surface area contributed by atoms with Gasteiger partial charge in [-0.2, -0.15) is 0 Å². The second kappa shape index (κ2) is 6.18. The van der Waals surface area contributed by atoms with Gasteiger partial charge in [0.2, 0.25) is 0 Å². The van der Waals surface area contributed by atoms with E-state index in [1.807, 2.05) is 6.92 Å². The molecular weight excluding hydrogens is 241 g/mol. The molecular formula is C16H22FNO. The molecule has 1 N–H and O–H groups in total. The molecule has 2 nitrogen and oxygen atoms in total. The first-order valence-electron chi connectivity index (χ1n) is 7.13. The van der Waals surface area contributed by atoms with Gasteiger partial charge in [-0.05, 0) is 49.8 Å². The van der Waals surface area contributed by atoms with Gasteiger partial charge in [0.15, 0.2) is 0 Å². The largest absolute Gasteiger partial charge is 0.349 e. The first-order chi connectivity index (χ1) is 9.06. The van der Waals surface area contributed by atoms with Gasteiger partial charge in [-0.15, -0.1) is 0 Å². The van der Waals surface area contributed by atoms with Crippen LogP contribution in [0.25, 0.3) is 0 Å². The quantitative estimate of drug-likeness (QED) is 0.807. The first kappa shape index (κ1) is 14.0. The minimum atomic E-state index is -0.431. The molecule has 1 saturated carbocycles. The van der Waals surface area contributed by atoms with Crippen LogP contribution in [-0.2, 0) is 0 Å². The van der Waals surface area contributed by atoms with Gasteiger partial charge in [-0.3, -0.25) is 4.79 Å². The number of carbonyl (C=O) groups excluding carboxylic acids is 1. The highest BCUT2D eigenvalue weighted by molar-refractivity contribution is 5.94. The van der Waals surface area contributed by atoms with Crippen LogP contribution in [0.2, 0.25) is 0 Å². The molecule has 0 heterocycles. The highest BCUT2D eigenvalue weighted by atomic mass is 19.1. The number of halogens is 1. The van der Waals surface area contributed by atoms with E-state index >= 15 is 0 Å². The third-order valence-corrected chi connectivity index (χ3v) is 3.96. The third-order valence-electron chi connectivity index (χ3n) is 3.96. The van der Waals surface area contributed by atoms with E-state index in [2.05, 4.69) is 12.2 Å². The molecule has 0 aliphatic heterocycles. The maximum Gasteiger partial charge on any atom is 0.254 e. The number of amides is 1. The number of carbonyl (C=O) groups is 1. The number of nitrogens with one attached hydrogen (secondary N) is 1. The molecule has 0 spiro atoms. The standard InChI is InChI=1S/C16H22FNO/c1-11-4-3-5-13(8-6-11)18-16(19)14-9-7-12(2)10-15(14)17/h7,9-11,13H,3-6,8H2,1-2H3,(H,18,19). The summed E-state index contributed by atoms with van der Waals surface area (Å²) in [4.78, 5) is 12.1. The summed E-state index contributed by atoms with van der Waals surface area (Å²) in [6.45, 7) is 4.07. The van der Waals surface area contributed by atoms with Gasteiger partial charge in [0.25, 0.3) is 5.91 Å². The van der Waals surface area contributed by atoms with Crippen molar-refractivity contribution in [2.75, 3.05) is 0 Å². The number of rotatable bonds is 2. The fourth-order valence-corrected chi connectivity index (χ4v) is 2.70. The van der Waals surface area contributed by atoms with E-state index in [9.17, 15) is 9.18 Å². The van der Waals surface area contributed by atoms with Gasteiger partial charge in [0.05, 0.1) is 5.56 Å². The van der Waals surface area contributed by atoms with E-state index in [0.717, 1.165) is 37.2 Å². The van der Waals surface area contributed by atoms with Crippen LogP contribution in [0.15, 0.2) is 18.2 Å². The Morgan fingerprint density at radius 3 is 2.79 bits per heavy atom. The molecule has 0 radical (unpaired) electrons. The lowest BCUT2D eigenvalue weighted by molar-refractivity contribution is 0.0929. The molecule has 1 fully saturated rings. The van der Waals surface area contributed by atoms with Crippen LogP contribution in [-0.4, -0.2) is 11.9 Å². The van der Waals surface area contributed by atoms with E-state index in [1.165, 1.54) is 12.5 Å². The Morgan fingerprint density at radius 1 is 1.26 bits per heavy atom. The second-order valence-electron chi connectivity index (χ2n) is 5.77. The molecule has 3 heteroatoms. The number of hydrogen-bond acceptors (Lipinski definition) is 1. The zero-order valence-electron chi connectivity index (χ0n) is 11.7. The minimum Gasteiger partial charge on any atom is -0.349 e. The van der Waals surface area contributed by atoms with Crippen LogP contribution in [0.3, 0.4) is 0 Å². The van der Waals surface area contributed by atoms with Crippen LogP contribution in [0.4, 0.5) is 4.39 Å². The Bertz CT molecular complexity index is 458. The summed E-state index contributed by atoms with van der Waals surface area (Å²) in [7, 11) is 0. The first-order valence-corrected chi connectivity index (χ1v) is 7.13. The lowest BCUT2D eigenvalue weighted by Crippen LogP contribution is -2.34. The van der Waals surface area contributed by atoms with Gasteiger partial charge < -0.3 is 5.32 Å². The second-order valence-corrected chi connectivity index (χ2v) is 5.77. The number of hydrogen-bond donors (Lipinski definition) is 1. The van der Waals surface area contributed by atoms with Crippen molar-refractivity contribution in [3.63, 3.8) is 0 Å². The predicted octanol–water partition coefficient (Wildman–Crippen LogP) is 3.83. The lowest BCUT2D eigenvalue weighted by Gasteiger charge is -2.16. The third kappa shape index (κ3) is 3.79. The molecule has 0 bridgehead atoms. The van der Waals surface area contributed by atoms with Crippen LogP contribution in [0.5, 0.6) is 0 Å². The summed E-state index contributed by atoms with van der Waals surface area (Å²) in [6.07, 6.45) is 5.51. The minimum absolute atomic E-state index is 0.155. The Labute approximate surface area is 114 Å². The Morgan fingerprint density at radius 2 is 2.05 bits per heavy atom. The van der Waals surface area contributed by atoms with Crippen molar-refractivity contribution in [2.24, 2.45) is 5.92 Å². The van der Waals surface area contributed by atoms with Gasteiger partial charge >= 0.3 is 0 Å². The SMILES string of the molecule is Cc1ccc(C(=O)NC2CCCC(C)CC2)c(F)c1. The van der Waals surface area contributed by atoms with Crippen LogP contribution in [0.1, 0.15) is 54.9 Å². The van der Waals surface area contributed by atoms with Crippen molar-refractivity contribution in [3.05, 3.63) is 35.1 Å². The summed E-state index contributed by atoms with van der Waals surface area (Å²) in [5.41, 5.74) is 0.986. The molecule has 104 valence electrons. The van der Waals surface area contributed by atoms with Gasteiger partial charge in [-0.1, -0.05) is 25.8 Å². The van der Waals surface area contributed by atoms with E-state index in [-0.39, 0.29) is 17.5 Å². The van der Waals surface area contributed by atoms with Crippen molar-refractivity contribution in [2.45, 2.75) is 52.0 Å². The molecule has 2 atom stereocenters. The van der Waals surface area contributed by atoms with E-state index in [0.29, 0.717) is 0 Å². The Kier molecular flexibility index (Phi) is 4.56. The van der Waals surface area contributed by atoms with E-state index in [4.69, 9.17) is 0 Å². The van der Waals surface area contributed by atoms with E-state index < -0.39 is 5.82 Å². The monoisotopic (exact) mass is 263 g/mol. The number of aryl methyl sites for hydroxylation is 1. The molecule has 2 unspecified atom stereocenters. The fraction of sp³-hybridized carbons (Fsp3) is 0.562. The Hall–Kier alpha value is -1.38. The zero-order valence-corrected chi connectivity index (χ0v) is 11.7. The maximum absolute atomic E-state index is 13.7. The zero-order chi connectivity index (χ0) is 13.8. The summed E-state index contributed by atoms with van der Waals surface area (Å²) in [5, 5.41) is 2.98. The van der Waals surface area contributed by atoms with E-state index in [1.54, 1.807) is 12.1 Å². The summed E-state index contributed by atoms with van der Waals surface area (Å²) in [5.74, 6) is 0.0227. The predicted molar refractivity (Wildman–Crippen MR) is 74.6 cm³/mol. The average molecular weight is 263 g/mol. The van der Waals surface area contributed by atoms with Crippen molar-refractivity contribution in [3.8, 4) is 0 Å². The van der Waals surface area contributed by atoms with Crippen LogP contribution < -0.4 is 5.32 Å². The highest BCUT2D eigenvalue weighted by Gasteiger charge is 2.20. The smallest absolute Gasteiger partial charge is 0.254 e. The average Bonchev–Trinajstić information content (AvgIpc) is 2.54. The molecule has 1 aliphatic rings. The fourth-order valence-electron chi connectivity index (χ4n) is 2.70. The van der Waals surface area contributed by atoms with Crippen LogP contribution in [0, 0.1) is 18.7 Å². The summed E-state index contributed by atoms with van der Waals surface area (Å²) < 4.78 is 13.7. The Balaban J connectivity index is 2.00. The summed E-state index contributed by atoms with van der Waals surface area (Å²) >= 11 is 0. The molecule has 1 amide bonds. The molecule has 2 rings (SSSR count). The van der Waals surface area contributed by atoms with Gasteiger partial charge in [0, 0.05) is 6.04 Å². The van der Waals surface area contributed by atoms with Crippen molar-refractivity contribution in [1.82, 2.24) is 5.32 Å². The molecule has 1 aromatic rings. The van der Waals surface area contributed by atoms with Crippen molar-refractivity contribution in [1.29, 1.82) is 0 Å². The highest BCUT2D eigenvalue weighted by Crippen LogP contribution is 2.23.